The molecule has 5 atom stereocenters. The molecule has 0 aliphatic carbocycles. The molecule has 0 saturated carbocycles. The molecule has 1 aliphatic heterocycles. The van der Waals surface area contributed by atoms with Crippen LogP contribution in [0.1, 0.15) is 27.7 Å². The number of hydrazine groups is 1. The fraction of sp³-hybridized carbons (Fsp3) is 0.714. The van der Waals surface area contributed by atoms with Crippen LogP contribution in [0.4, 0.5) is 0 Å². The zero-order chi connectivity index (χ0) is 19.1. The summed E-state index contributed by atoms with van der Waals surface area (Å²) < 4.78 is 20.4. The van der Waals surface area contributed by atoms with Crippen molar-refractivity contribution in [3.8, 4) is 0 Å². The largest absolute Gasteiger partial charge is 0.463 e. The van der Waals surface area contributed by atoms with Crippen molar-refractivity contribution in [1.29, 1.82) is 0 Å². The fourth-order valence-electron chi connectivity index (χ4n) is 2.26. The van der Waals surface area contributed by atoms with Crippen LogP contribution in [0.2, 0.25) is 0 Å². The molecule has 1 aliphatic rings. The molecule has 1 heterocycles. The van der Waals surface area contributed by atoms with Crippen molar-refractivity contribution in [3.05, 3.63) is 0 Å². The predicted octanol–water partition coefficient (Wildman–Crippen LogP) is -1.86. The minimum Gasteiger partial charge on any atom is -0.463 e. The van der Waals surface area contributed by atoms with Crippen molar-refractivity contribution in [2.45, 2.75) is 58.3 Å². The molecule has 1 rings (SSSR count). The first kappa shape index (κ1) is 20.8. The average Bonchev–Trinajstić information content (AvgIpc) is 2.46. The van der Waals surface area contributed by atoms with E-state index in [4.69, 9.17) is 18.9 Å². The lowest BCUT2D eigenvalue weighted by molar-refractivity contribution is -0.266. The monoisotopic (exact) mass is 362 g/mol. The SMILES string of the molecule is CC(=O)NNC1C(O)OC(COC(C)=O)C(OC(C)=O)C1OC(C)=O. The van der Waals surface area contributed by atoms with E-state index in [-0.39, 0.29) is 6.61 Å². The van der Waals surface area contributed by atoms with Gasteiger partial charge in [-0.1, -0.05) is 0 Å². The third-order valence-electron chi connectivity index (χ3n) is 3.14. The van der Waals surface area contributed by atoms with Gasteiger partial charge < -0.3 is 24.1 Å². The average molecular weight is 362 g/mol. The zero-order valence-corrected chi connectivity index (χ0v) is 14.3. The summed E-state index contributed by atoms with van der Waals surface area (Å²) in [7, 11) is 0. The highest BCUT2D eigenvalue weighted by Gasteiger charge is 2.50. The molecule has 11 heteroatoms. The molecule has 25 heavy (non-hydrogen) atoms. The van der Waals surface area contributed by atoms with Crippen molar-refractivity contribution in [2.24, 2.45) is 0 Å². The van der Waals surface area contributed by atoms with Gasteiger partial charge in [0.25, 0.3) is 0 Å². The Morgan fingerprint density at radius 3 is 2.00 bits per heavy atom. The zero-order valence-electron chi connectivity index (χ0n) is 14.3. The number of rotatable bonds is 6. The van der Waals surface area contributed by atoms with Crippen molar-refractivity contribution >= 4 is 23.8 Å². The molecule has 5 unspecified atom stereocenters. The third kappa shape index (κ3) is 6.64. The Labute approximate surface area is 143 Å². The van der Waals surface area contributed by atoms with Crippen LogP contribution in [0, 0.1) is 0 Å². The predicted molar refractivity (Wildman–Crippen MR) is 79.4 cm³/mol. The van der Waals surface area contributed by atoms with E-state index in [1.807, 2.05) is 0 Å². The second kappa shape index (κ2) is 9.30. The lowest BCUT2D eigenvalue weighted by atomic mass is 9.96. The number of hydrogen-bond donors (Lipinski definition) is 3. The Morgan fingerprint density at radius 2 is 1.52 bits per heavy atom. The van der Waals surface area contributed by atoms with Crippen LogP contribution >= 0.6 is 0 Å². The van der Waals surface area contributed by atoms with Gasteiger partial charge in [-0.3, -0.25) is 24.6 Å². The minimum absolute atomic E-state index is 0.338. The van der Waals surface area contributed by atoms with Crippen LogP contribution in [-0.2, 0) is 38.1 Å². The smallest absolute Gasteiger partial charge is 0.303 e. The topological polar surface area (TPSA) is 149 Å². The number of carbonyl (C=O) groups is 4. The van der Waals surface area contributed by atoms with E-state index in [2.05, 4.69) is 10.9 Å². The van der Waals surface area contributed by atoms with Crippen molar-refractivity contribution in [1.82, 2.24) is 10.9 Å². The standard InChI is InChI=1S/C14H22N2O9/c1-6(17)15-16-11-13(24-9(4)20)12(23-8(3)19)10(25-14(11)21)5-22-7(2)18/h10-14,16,21H,5H2,1-4H3,(H,15,17). The number of aliphatic hydroxyl groups is 1. The van der Waals surface area contributed by atoms with Crippen molar-refractivity contribution in [2.75, 3.05) is 6.61 Å². The Hall–Kier alpha value is -2.24. The van der Waals surface area contributed by atoms with E-state index in [1.54, 1.807) is 0 Å². The molecule has 0 aromatic rings. The van der Waals surface area contributed by atoms with E-state index >= 15 is 0 Å². The molecule has 1 saturated heterocycles. The quantitative estimate of drug-likeness (QED) is 0.279. The Kier molecular flexibility index (Phi) is 7.74. The summed E-state index contributed by atoms with van der Waals surface area (Å²) in [6.07, 6.45) is -5.03. The number of carbonyl (C=O) groups excluding carboxylic acids is 4. The summed E-state index contributed by atoms with van der Waals surface area (Å²) in [4.78, 5) is 44.9. The molecular weight excluding hydrogens is 340 g/mol. The van der Waals surface area contributed by atoms with E-state index < -0.39 is 54.5 Å². The summed E-state index contributed by atoms with van der Waals surface area (Å²) in [5, 5.41) is 10.1. The normalized spacial score (nSPS) is 28.6. The van der Waals surface area contributed by atoms with E-state index in [0.29, 0.717) is 0 Å². The van der Waals surface area contributed by atoms with Crippen LogP contribution in [0.25, 0.3) is 0 Å². The molecule has 0 aromatic carbocycles. The minimum atomic E-state index is -1.55. The number of amides is 1. The first-order chi connectivity index (χ1) is 11.6. The van der Waals surface area contributed by atoms with Gasteiger partial charge in [0, 0.05) is 27.7 Å². The Morgan fingerprint density at radius 1 is 0.960 bits per heavy atom. The van der Waals surface area contributed by atoms with Gasteiger partial charge in [0.1, 0.15) is 18.8 Å². The van der Waals surface area contributed by atoms with E-state index in [1.165, 1.54) is 13.8 Å². The highest BCUT2D eigenvalue weighted by Crippen LogP contribution is 2.25. The van der Waals surface area contributed by atoms with Gasteiger partial charge in [0.2, 0.25) is 5.91 Å². The van der Waals surface area contributed by atoms with Crippen LogP contribution in [0.3, 0.4) is 0 Å². The molecular formula is C14H22N2O9. The number of nitrogens with one attached hydrogen (secondary N) is 2. The third-order valence-corrected chi connectivity index (χ3v) is 3.14. The lowest BCUT2D eigenvalue weighted by Crippen LogP contribution is -2.67. The van der Waals surface area contributed by atoms with Crippen molar-refractivity contribution < 1.29 is 43.2 Å². The molecule has 1 fully saturated rings. The van der Waals surface area contributed by atoms with Gasteiger partial charge >= 0.3 is 17.9 Å². The van der Waals surface area contributed by atoms with Gasteiger partial charge in [0.05, 0.1) is 0 Å². The molecule has 0 aromatic heterocycles. The lowest BCUT2D eigenvalue weighted by Gasteiger charge is -2.43. The number of hydrogen-bond acceptors (Lipinski definition) is 10. The highest BCUT2D eigenvalue weighted by molar-refractivity contribution is 5.72. The maximum absolute atomic E-state index is 11.4. The summed E-state index contributed by atoms with van der Waals surface area (Å²) in [5.41, 5.74) is 4.71. The van der Waals surface area contributed by atoms with Crippen molar-refractivity contribution in [3.63, 3.8) is 0 Å². The van der Waals surface area contributed by atoms with E-state index in [0.717, 1.165) is 13.8 Å². The molecule has 142 valence electrons. The first-order valence-corrected chi connectivity index (χ1v) is 7.45. The second-order valence-electron chi connectivity index (χ2n) is 5.37. The maximum Gasteiger partial charge on any atom is 0.303 e. The van der Waals surface area contributed by atoms with Gasteiger partial charge in [-0.15, -0.1) is 0 Å². The number of ether oxygens (including phenoxy) is 4. The highest BCUT2D eigenvalue weighted by atomic mass is 16.7. The van der Waals surface area contributed by atoms with Crippen LogP contribution < -0.4 is 10.9 Å². The van der Waals surface area contributed by atoms with Crippen LogP contribution in [0.15, 0.2) is 0 Å². The molecule has 0 radical (unpaired) electrons. The number of esters is 3. The maximum atomic E-state index is 11.4. The molecule has 0 spiro atoms. The summed E-state index contributed by atoms with van der Waals surface area (Å²) in [5.74, 6) is -2.49. The molecule has 1 amide bonds. The Balaban J connectivity index is 3.07. The summed E-state index contributed by atoms with van der Waals surface area (Å²) >= 11 is 0. The van der Waals surface area contributed by atoms with Gasteiger partial charge in [0.15, 0.2) is 18.5 Å². The Bertz CT molecular complexity index is 524. The summed E-state index contributed by atoms with van der Waals surface area (Å²) in [6.45, 7) is 4.31. The summed E-state index contributed by atoms with van der Waals surface area (Å²) in [6, 6.07) is -1.13. The van der Waals surface area contributed by atoms with Crippen LogP contribution in [-0.4, -0.2) is 66.2 Å². The fourth-order valence-corrected chi connectivity index (χ4v) is 2.26. The second-order valence-corrected chi connectivity index (χ2v) is 5.37. The molecule has 11 nitrogen and oxygen atoms in total. The van der Waals surface area contributed by atoms with Gasteiger partial charge in [-0.25, -0.2) is 5.43 Å². The molecule has 0 bridgehead atoms. The number of aliphatic hydroxyl groups excluding tert-OH is 1. The van der Waals surface area contributed by atoms with Crippen LogP contribution in [0.5, 0.6) is 0 Å². The first-order valence-electron chi connectivity index (χ1n) is 7.45. The van der Waals surface area contributed by atoms with Gasteiger partial charge in [-0.2, -0.15) is 0 Å². The van der Waals surface area contributed by atoms with E-state index in [9.17, 15) is 24.3 Å². The van der Waals surface area contributed by atoms with Gasteiger partial charge in [-0.05, 0) is 0 Å². The molecule has 3 N–H and O–H groups in total.